The van der Waals surface area contributed by atoms with Crippen LogP contribution in [-0.4, -0.2) is 48.3 Å². The average molecular weight is 388 g/mol. The molecule has 3 rings (SSSR count). The first-order valence-electron chi connectivity index (χ1n) is 9.41. The highest BCUT2D eigenvalue weighted by molar-refractivity contribution is 6.30. The van der Waals surface area contributed by atoms with E-state index < -0.39 is 0 Å². The predicted octanol–water partition coefficient (Wildman–Crippen LogP) is 3.98. The molecule has 5 nitrogen and oxygen atoms in total. The fourth-order valence-electron chi connectivity index (χ4n) is 3.36. The molecule has 1 fully saturated rings. The number of carbonyl (C=O) groups excluding carboxylic acids is 1. The van der Waals surface area contributed by atoms with Crippen LogP contribution in [-0.2, 0) is 0 Å². The van der Waals surface area contributed by atoms with Gasteiger partial charge in [0.25, 0.3) is 0 Å². The Morgan fingerprint density at radius 2 is 1.96 bits per heavy atom. The lowest BCUT2D eigenvalue weighted by molar-refractivity contribution is 0.0703. The number of β-amino-alcohol motifs (C(OH)–C–C–N with tert-alkyl or cyclic N) is 1. The fourth-order valence-corrected chi connectivity index (χ4v) is 3.55. The molecule has 1 unspecified atom stereocenters. The number of nitrogens with zero attached hydrogens (tertiary/aromatic N) is 1. The molecule has 0 spiro atoms. The van der Waals surface area contributed by atoms with Crippen LogP contribution < -0.4 is 10.6 Å². The van der Waals surface area contributed by atoms with E-state index in [0.717, 1.165) is 55.7 Å². The van der Waals surface area contributed by atoms with Crippen molar-refractivity contribution in [2.45, 2.75) is 25.4 Å². The van der Waals surface area contributed by atoms with Crippen molar-refractivity contribution >= 4 is 23.3 Å². The molecule has 1 aliphatic heterocycles. The van der Waals surface area contributed by atoms with E-state index in [1.165, 1.54) is 0 Å². The summed E-state index contributed by atoms with van der Waals surface area (Å²) in [5.74, 6) is 0. The van der Waals surface area contributed by atoms with Crippen LogP contribution >= 0.6 is 11.6 Å². The van der Waals surface area contributed by atoms with Crippen LogP contribution in [0.25, 0.3) is 11.1 Å². The van der Waals surface area contributed by atoms with Gasteiger partial charge in [0, 0.05) is 23.8 Å². The number of benzene rings is 2. The van der Waals surface area contributed by atoms with Crippen LogP contribution in [0.3, 0.4) is 0 Å². The molecule has 0 aliphatic carbocycles. The summed E-state index contributed by atoms with van der Waals surface area (Å²) < 4.78 is 0. The number of rotatable bonds is 6. The minimum absolute atomic E-state index is 0.207. The van der Waals surface area contributed by atoms with Gasteiger partial charge in [-0.05, 0) is 67.7 Å². The summed E-state index contributed by atoms with van der Waals surface area (Å²) in [5.41, 5.74) is 2.75. The van der Waals surface area contributed by atoms with Gasteiger partial charge < -0.3 is 20.6 Å². The fraction of sp³-hybridized carbons (Fsp3) is 0.381. The number of amides is 2. The zero-order valence-corrected chi connectivity index (χ0v) is 16.1. The molecule has 0 bridgehead atoms. The minimum Gasteiger partial charge on any atom is -0.392 e. The second kappa shape index (κ2) is 9.74. The Kier molecular flexibility index (Phi) is 7.10. The maximum Gasteiger partial charge on any atom is 0.319 e. The number of hydrogen-bond acceptors (Lipinski definition) is 3. The number of nitrogens with one attached hydrogen (secondary N) is 2. The van der Waals surface area contributed by atoms with Gasteiger partial charge in [-0.2, -0.15) is 0 Å². The Hall–Kier alpha value is -2.08. The summed E-state index contributed by atoms with van der Waals surface area (Å²) in [6.07, 6.45) is 2.59. The molecule has 27 heavy (non-hydrogen) atoms. The minimum atomic E-state index is -0.211. The first-order valence-corrected chi connectivity index (χ1v) is 9.79. The average Bonchev–Trinajstić information content (AvgIpc) is 2.66. The number of urea groups is 1. The number of aliphatic hydroxyl groups excluding tert-OH is 1. The van der Waals surface area contributed by atoms with Crippen molar-refractivity contribution in [3.05, 3.63) is 53.6 Å². The Labute approximate surface area is 165 Å². The van der Waals surface area contributed by atoms with E-state index in [-0.39, 0.29) is 12.1 Å². The third-order valence-corrected chi connectivity index (χ3v) is 4.93. The lowest BCUT2D eigenvalue weighted by atomic mass is 10.1. The van der Waals surface area contributed by atoms with Crippen molar-refractivity contribution in [3.63, 3.8) is 0 Å². The molecule has 1 atom stereocenters. The smallest absolute Gasteiger partial charge is 0.319 e. The van der Waals surface area contributed by atoms with Crippen molar-refractivity contribution in [1.29, 1.82) is 0 Å². The van der Waals surface area contributed by atoms with Crippen molar-refractivity contribution in [1.82, 2.24) is 10.2 Å². The first-order chi connectivity index (χ1) is 13.1. The Balaban J connectivity index is 1.45. The Morgan fingerprint density at radius 3 is 2.74 bits per heavy atom. The molecule has 2 aromatic carbocycles. The van der Waals surface area contributed by atoms with Crippen molar-refractivity contribution in [3.8, 4) is 11.1 Å². The molecular weight excluding hydrogens is 362 g/mol. The maximum absolute atomic E-state index is 12.1. The standard InChI is InChI=1S/C21H26ClN3O2/c22-18-7-1-5-16(13-18)17-6-2-8-19(14-17)24-21(27)23-10-4-12-25-11-3-9-20(26)15-25/h1-2,5-8,13-14,20,26H,3-4,9-12,15H2,(H2,23,24,27). The molecule has 2 amide bonds. The van der Waals surface area contributed by atoms with E-state index in [2.05, 4.69) is 15.5 Å². The number of likely N-dealkylation sites (tertiary alicyclic amines) is 1. The highest BCUT2D eigenvalue weighted by Gasteiger charge is 2.16. The van der Waals surface area contributed by atoms with E-state index in [1.807, 2.05) is 48.5 Å². The highest BCUT2D eigenvalue weighted by atomic mass is 35.5. The van der Waals surface area contributed by atoms with Crippen LogP contribution in [0, 0.1) is 0 Å². The summed E-state index contributed by atoms with van der Waals surface area (Å²) in [4.78, 5) is 14.4. The summed E-state index contributed by atoms with van der Waals surface area (Å²) in [6.45, 7) is 3.26. The van der Waals surface area contributed by atoms with Gasteiger partial charge in [0.05, 0.1) is 6.10 Å². The van der Waals surface area contributed by atoms with E-state index in [1.54, 1.807) is 0 Å². The van der Waals surface area contributed by atoms with Gasteiger partial charge in [-0.15, -0.1) is 0 Å². The monoisotopic (exact) mass is 387 g/mol. The third-order valence-electron chi connectivity index (χ3n) is 4.70. The predicted molar refractivity (Wildman–Crippen MR) is 110 cm³/mol. The van der Waals surface area contributed by atoms with Gasteiger partial charge in [-0.3, -0.25) is 0 Å². The van der Waals surface area contributed by atoms with E-state index in [0.29, 0.717) is 11.6 Å². The summed E-state index contributed by atoms with van der Waals surface area (Å²) in [5, 5.41) is 16.1. The second-order valence-electron chi connectivity index (χ2n) is 6.92. The summed E-state index contributed by atoms with van der Waals surface area (Å²) in [7, 11) is 0. The molecule has 144 valence electrons. The molecule has 2 aromatic rings. The molecule has 1 aliphatic rings. The Bertz CT molecular complexity index is 769. The summed E-state index contributed by atoms with van der Waals surface area (Å²) in [6, 6.07) is 15.1. The van der Waals surface area contributed by atoms with Crippen molar-refractivity contribution < 1.29 is 9.90 Å². The molecular formula is C21H26ClN3O2. The number of piperidine rings is 1. The maximum atomic E-state index is 12.1. The van der Waals surface area contributed by atoms with Gasteiger partial charge in [0.1, 0.15) is 0 Å². The van der Waals surface area contributed by atoms with E-state index in [4.69, 9.17) is 11.6 Å². The van der Waals surface area contributed by atoms with Crippen LogP contribution in [0.1, 0.15) is 19.3 Å². The highest BCUT2D eigenvalue weighted by Crippen LogP contribution is 2.25. The number of carbonyl (C=O) groups is 1. The molecule has 1 heterocycles. The molecule has 6 heteroatoms. The molecule has 0 radical (unpaired) electrons. The molecule has 3 N–H and O–H groups in total. The van der Waals surface area contributed by atoms with Crippen molar-refractivity contribution in [2.75, 3.05) is 31.5 Å². The SMILES string of the molecule is O=C(NCCCN1CCCC(O)C1)Nc1cccc(-c2cccc(Cl)c2)c1. The topological polar surface area (TPSA) is 64.6 Å². The number of halogens is 1. The molecule has 0 aromatic heterocycles. The Morgan fingerprint density at radius 1 is 1.19 bits per heavy atom. The van der Waals surface area contributed by atoms with E-state index >= 15 is 0 Å². The third kappa shape index (κ3) is 6.24. The van der Waals surface area contributed by atoms with Crippen molar-refractivity contribution in [2.24, 2.45) is 0 Å². The first kappa shape index (κ1) is 19.7. The number of hydrogen-bond donors (Lipinski definition) is 3. The molecule has 0 saturated carbocycles. The van der Waals surface area contributed by atoms with Gasteiger partial charge in [0.15, 0.2) is 0 Å². The quantitative estimate of drug-likeness (QED) is 0.657. The lowest BCUT2D eigenvalue weighted by Gasteiger charge is -2.29. The molecule has 1 saturated heterocycles. The van der Waals surface area contributed by atoms with Crippen LogP contribution in [0.2, 0.25) is 5.02 Å². The number of anilines is 1. The van der Waals surface area contributed by atoms with Crippen LogP contribution in [0.4, 0.5) is 10.5 Å². The largest absolute Gasteiger partial charge is 0.392 e. The zero-order valence-electron chi connectivity index (χ0n) is 15.3. The second-order valence-corrected chi connectivity index (χ2v) is 7.36. The van der Waals surface area contributed by atoms with Gasteiger partial charge in [0.2, 0.25) is 0 Å². The zero-order chi connectivity index (χ0) is 19.1. The van der Waals surface area contributed by atoms with Gasteiger partial charge >= 0.3 is 6.03 Å². The van der Waals surface area contributed by atoms with Gasteiger partial charge in [-0.1, -0.05) is 35.9 Å². The number of aliphatic hydroxyl groups is 1. The normalized spacial score (nSPS) is 17.5. The van der Waals surface area contributed by atoms with E-state index in [9.17, 15) is 9.90 Å². The summed E-state index contributed by atoms with van der Waals surface area (Å²) >= 11 is 6.06. The van der Waals surface area contributed by atoms with Gasteiger partial charge in [-0.25, -0.2) is 4.79 Å². The lowest BCUT2D eigenvalue weighted by Crippen LogP contribution is -2.40. The van der Waals surface area contributed by atoms with Crippen LogP contribution in [0.15, 0.2) is 48.5 Å². The van der Waals surface area contributed by atoms with Crippen LogP contribution in [0.5, 0.6) is 0 Å².